The summed E-state index contributed by atoms with van der Waals surface area (Å²) in [5, 5.41) is 0. The Labute approximate surface area is 91.3 Å². The number of hydrogen-bond donors (Lipinski definition) is 1. The number of aromatic nitrogens is 1. The molecule has 0 fully saturated rings. The van der Waals surface area contributed by atoms with Crippen molar-refractivity contribution in [1.82, 2.24) is 4.98 Å². The van der Waals surface area contributed by atoms with Crippen LogP contribution in [0.2, 0.25) is 0 Å². The predicted octanol–water partition coefficient (Wildman–Crippen LogP) is 2.95. The van der Waals surface area contributed by atoms with Crippen LogP contribution in [0, 0.1) is 5.82 Å². The minimum Gasteiger partial charge on any atom is -0.383 e. The number of hydrogen-bond acceptors (Lipinski definition) is 3. The largest absolute Gasteiger partial charge is 0.383 e. The Morgan fingerprint density at radius 2 is 1.87 bits per heavy atom. The minimum absolute atomic E-state index is 0.237. The third-order valence-electron chi connectivity index (χ3n) is 1.84. The lowest BCUT2D eigenvalue weighted by Crippen LogP contribution is -1.91. The second kappa shape index (κ2) is 4.31. The highest BCUT2D eigenvalue weighted by molar-refractivity contribution is 7.99. The summed E-state index contributed by atoms with van der Waals surface area (Å²) < 4.78 is 12.7. The predicted molar refractivity (Wildman–Crippen MR) is 59.2 cm³/mol. The van der Waals surface area contributed by atoms with E-state index >= 15 is 0 Å². The highest BCUT2D eigenvalue weighted by atomic mass is 32.2. The average Bonchev–Trinajstić information content (AvgIpc) is 2.25. The topological polar surface area (TPSA) is 38.9 Å². The summed E-state index contributed by atoms with van der Waals surface area (Å²) >= 11 is 1.47. The third kappa shape index (κ3) is 2.47. The quantitative estimate of drug-likeness (QED) is 0.845. The first-order chi connectivity index (χ1) is 7.25. The SMILES string of the molecule is Nc1ncccc1Sc1ccc(F)cc1. The molecule has 2 N–H and O–H groups in total. The monoisotopic (exact) mass is 220 g/mol. The van der Waals surface area contributed by atoms with E-state index in [9.17, 15) is 4.39 Å². The van der Waals surface area contributed by atoms with Crippen LogP contribution in [0.1, 0.15) is 0 Å². The van der Waals surface area contributed by atoms with Gasteiger partial charge in [0.2, 0.25) is 0 Å². The number of nitrogens with zero attached hydrogens (tertiary/aromatic N) is 1. The Hall–Kier alpha value is -1.55. The lowest BCUT2D eigenvalue weighted by Gasteiger charge is -2.03. The summed E-state index contributed by atoms with van der Waals surface area (Å²) in [6.07, 6.45) is 1.64. The van der Waals surface area contributed by atoms with Crippen LogP contribution in [-0.2, 0) is 0 Å². The highest BCUT2D eigenvalue weighted by Crippen LogP contribution is 2.30. The van der Waals surface area contributed by atoms with Crippen molar-refractivity contribution in [2.45, 2.75) is 9.79 Å². The first-order valence-electron chi connectivity index (χ1n) is 4.39. The van der Waals surface area contributed by atoms with E-state index in [0.717, 1.165) is 9.79 Å². The first kappa shape index (κ1) is 9.98. The van der Waals surface area contributed by atoms with E-state index in [1.165, 1.54) is 23.9 Å². The summed E-state index contributed by atoms with van der Waals surface area (Å²) in [6.45, 7) is 0. The molecule has 0 aliphatic rings. The molecule has 0 amide bonds. The van der Waals surface area contributed by atoms with Gasteiger partial charge in [-0.2, -0.15) is 0 Å². The minimum atomic E-state index is -0.237. The molecule has 1 heterocycles. The lowest BCUT2D eigenvalue weighted by atomic mass is 10.4. The van der Waals surface area contributed by atoms with Crippen molar-refractivity contribution < 1.29 is 4.39 Å². The van der Waals surface area contributed by atoms with E-state index in [-0.39, 0.29) is 5.82 Å². The first-order valence-corrected chi connectivity index (χ1v) is 5.21. The van der Waals surface area contributed by atoms with Gasteiger partial charge in [0, 0.05) is 11.1 Å². The summed E-state index contributed by atoms with van der Waals surface area (Å²) in [6, 6.07) is 9.99. The standard InChI is InChI=1S/C11H9FN2S/c12-8-3-5-9(6-4-8)15-10-2-1-7-14-11(10)13/h1-7H,(H2,13,14). The van der Waals surface area contributed by atoms with Crippen LogP contribution in [0.3, 0.4) is 0 Å². The lowest BCUT2D eigenvalue weighted by molar-refractivity contribution is 0.626. The zero-order valence-corrected chi connectivity index (χ0v) is 8.67. The molecule has 0 saturated heterocycles. The molecule has 0 aliphatic heterocycles. The van der Waals surface area contributed by atoms with Gasteiger partial charge < -0.3 is 5.73 Å². The molecular formula is C11H9FN2S. The molecule has 0 radical (unpaired) electrons. The van der Waals surface area contributed by atoms with Crippen LogP contribution >= 0.6 is 11.8 Å². The van der Waals surface area contributed by atoms with E-state index < -0.39 is 0 Å². The van der Waals surface area contributed by atoms with Crippen molar-refractivity contribution in [2.24, 2.45) is 0 Å². The Morgan fingerprint density at radius 3 is 2.53 bits per heavy atom. The Balaban J connectivity index is 2.22. The van der Waals surface area contributed by atoms with Crippen LogP contribution < -0.4 is 5.73 Å². The fourth-order valence-electron chi connectivity index (χ4n) is 1.12. The van der Waals surface area contributed by atoms with Crippen molar-refractivity contribution in [2.75, 3.05) is 5.73 Å². The molecule has 4 heteroatoms. The maximum atomic E-state index is 12.7. The number of anilines is 1. The number of nitrogen functional groups attached to an aromatic ring is 1. The highest BCUT2D eigenvalue weighted by Gasteiger charge is 2.01. The maximum absolute atomic E-state index is 12.7. The Morgan fingerprint density at radius 1 is 1.13 bits per heavy atom. The van der Waals surface area contributed by atoms with E-state index in [0.29, 0.717) is 5.82 Å². The second-order valence-corrected chi connectivity index (χ2v) is 4.06. The van der Waals surface area contributed by atoms with E-state index in [2.05, 4.69) is 4.98 Å². The summed E-state index contributed by atoms with van der Waals surface area (Å²) in [7, 11) is 0. The van der Waals surface area contributed by atoms with Gasteiger partial charge in [0.05, 0.1) is 4.90 Å². The van der Waals surface area contributed by atoms with Gasteiger partial charge in [-0.25, -0.2) is 9.37 Å². The maximum Gasteiger partial charge on any atom is 0.137 e. The smallest absolute Gasteiger partial charge is 0.137 e. The van der Waals surface area contributed by atoms with Gasteiger partial charge in [0.15, 0.2) is 0 Å². The van der Waals surface area contributed by atoms with E-state index in [1.54, 1.807) is 18.3 Å². The molecule has 0 saturated carbocycles. The summed E-state index contributed by atoms with van der Waals surface area (Å²) in [5.74, 6) is 0.255. The molecule has 15 heavy (non-hydrogen) atoms. The zero-order chi connectivity index (χ0) is 10.7. The van der Waals surface area contributed by atoms with Gasteiger partial charge >= 0.3 is 0 Å². The van der Waals surface area contributed by atoms with Crippen molar-refractivity contribution in [3.63, 3.8) is 0 Å². The fourth-order valence-corrected chi connectivity index (χ4v) is 1.95. The molecule has 0 atom stereocenters. The molecular weight excluding hydrogens is 211 g/mol. The molecule has 0 unspecified atom stereocenters. The van der Waals surface area contributed by atoms with Crippen molar-refractivity contribution >= 4 is 17.6 Å². The molecule has 0 bridgehead atoms. The van der Waals surface area contributed by atoms with Gasteiger partial charge in [-0.3, -0.25) is 0 Å². The summed E-state index contributed by atoms with van der Waals surface area (Å²) in [5.41, 5.74) is 5.69. The number of benzene rings is 1. The number of halogens is 1. The second-order valence-electron chi connectivity index (χ2n) is 2.94. The van der Waals surface area contributed by atoms with Crippen molar-refractivity contribution in [1.29, 1.82) is 0 Å². The van der Waals surface area contributed by atoms with Crippen molar-refractivity contribution in [3.05, 3.63) is 48.4 Å². The molecule has 0 aliphatic carbocycles. The van der Waals surface area contributed by atoms with Gasteiger partial charge in [-0.1, -0.05) is 11.8 Å². The number of nitrogens with two attached hydrogens (primary N) is 1. The zero-order valence-electron chi connectivity index (χ0n) is 7.85. The van der Waals surface area contributed by atoms with Gasteiger partial charge in [0.25, 0.3) is 0 Å². The molecule has 76 valence electrons. The normalized spacial score (nSPS) is 10.2. The van der Waals surface area contributed by atoms with Crippen LogP contribution in [0.4, 0.5) is 10.2 Å². The van der Waals surface area contributed by atoms with Crippen LogP contribution in [0.25, 0.3) is 0 Å². The van der Waals surface area contributed by atoms with Crippen LogP contribution in [0.15, 0.2) is 52.4 Å². The molecule has 0 spiro atoms. The number of rotatable bonds is 2. The van der Waals surface area contributed by atoms with Crippen molar-refractivity contribution in [3.8, 4) is 0 Å². The molecule has 2 nitrogen and oxygen atoms in total. The molecule has 1 aromatic carbocycles. The van der Waals surface area contributed by atoms with Crippen LogP contribution in [0.5, 0.6) is 0 Å². The van der Waals surface area contributed by atoms with Gasteiger partial charge in [-0.05, 0) is 36.4 Å². The molecule has 2 rings (SSSR count). The molecule has 2 aromatic rings. The Bertz CT molecular complexity index is 456. The van der Waals surface area contributed by atoms with E-state index in [1.807, 2.05) is 12.1 Å². The average molecular weight is 220 g/mol. The number of pyridine rings is 1. The summed E-state index contributed by atoms with van der Waals surface area (Å²) in [4.78, 5) is 5.80. The third-order valence-corrected chi connectivity index (χ3v) is 2.91. The Kier molecular flexibility index (Phi) is 2.87. The van der Waals surface area contributed by atoms with Gasteiger partial charge in [-0.15, -0.1) is 0 Å². The molecule has 1 aromatic heterocycles. The van der Waals surface area contributed by atoms with E-state index in [4.69, 9.17) is 5.73 Å². The fraction of sp³-hybridized carbons (Fsp3) is 0. The van der Waals surface area contributed by atoms with Gasteiger partial charge in [0.1, 0.15) is 11.6 Å². The van der Waals surface area contributed by atoms with Crippen LogP contribution in [-0.4, -0.2) is 4.98 Å².